The van der Waals surface area contributed by atoms with Crippen molar-refractivity contribution in [3.05, 3.63) is 182 Å². The zero-order valence-corrected chi connectivity index (χ0v) is 38.3. The van der Waals surface area contributed by atoms with Gasteiger partial charge < -0.3 is 26.2 Å². The highest BCUT2D eigenvalue weighted by Gasteiger charge is 2.54. The van der Waals surface area contributed by atoms with Gasteiger partial charge in [0.15, 0.2) is 0 Å². The summed E-state index contributed by atoms with van der Waals surface area (Å²) >= 11 is 10.9. The molecule has 12 rings (SSSR count). The van der Waals surface area contributed by atoms with Gasteiger partial charge in [0.1, 0.15) is 26.6 Å². The molecule has 3 spiro atoms. The topological polar surface area (TPSA) is 201 Å². The van der Waals surface area contributed by atoms with Gasteiger partial charge in [-0.25, -0.2) is 0 Å². The van der Waals surface area contributed by atoms with Crippen LogP contribution in [0.25, 0.3) is 0 Å². The predicted octanol–water partition coefficient (Wildman–Crippen LogP) is 8.41. The molecule has 0 saturated heterocycles. The van der Waals surface area contributed by atoms with Gasteiger partial charge in [0.25, 0.3) is 17.7 Å². The zero-order valence-electron chi connectivity index (χ0n) is 32.7. The van der Waals surface area contributed by atoms with E-state index in [-0.39, 0.29) is 29.2 Å². The summed E-state index contributed by atoms with van der Waals surface area (Å²) in [6.07, 6.45) is 0. The van der Waals surface area contributed by atoms with Crippen molar-refractivity contribution in [1.82, 2.24) is 16.3 Å². The first-order chi connectivity index (χ1) is 31.0. The average molecular weight is 1030 g/mol. The lowest BCUT2D eigenvalue weighted by Crippen LogP contribution is -2.39. The minimum absolute atomic E-state index is 0.0877. The van der Waals surface area contributed by atoms with Gasteiger partial charge in [-0.2, -0.15) is 15.3 Å². The Labute approximate surface area is 394 Å². The monoisotopic (exact) mass is 1030 g/mol. The number of nitrogens with one attached hydrogen (secondary N) is 6. The molecular formula is C45H31Br2N9O5S3. The van der Waals surface area contributed by atoms with E-state index >= 15 is 0 Å². The molecule has 0 fully saturated rings. The summed E-state index contributed by atoms with van der Waals surface area (Å²) in [4.78, 5) is 34.5. The number of hydrazone groups is 3. The lowest BCUT2D eigenvalue weighted by molar-refractivity contribution is -0.119. The third kappa shape index (κ3) is 7.07. The molecule has 64 heavy (non-hydrogen) atoms. The molecule has 14 nitrogen and oxygen atoms in total. The van der Waals surface area contributed by atoms with E-state index in [1.807, 2.05) is 103 Å². The van der Waals surface area contributed by atoms with Crippen LogP contribution in [-0.2, 0) is 29.0 Å². The van der Waals surface area contributed by atoms with Gasteiger partial charge in [0, 0.05) is 48.3 Å². The lowest BCUT2D eigenvalue weighted by Gasteiger charge is -2.20. The number of carbonyl (C=O) groups is 3. The Bertz CT molecular complexity index is 3050. The Kier molecular flexibility index (Phi) is 10.7. The lowest BCUT2D eigenvalue weighted by atomic mass is 10.1. The van der Waals surface area contributed by atoms with Crippen molar-refractivity contribution >= 4 is 117 Å². The van der Waals surface area contributed by atoms with Crippen molar-refractivity contribution < 1.29 is 24.6 Å². The fraction of sp³-hybridized carbons (Fsp3) is 0.0667. The summed E-state index contributed by atoms with van der Waals surface area (Å²) in [6.45, 7) is 0. The summed E-state index contributed by atoms with van der Waals surface area (Å²) in [5.41, 5.74) is 16.1. The normalized spacial score (nSPS) is 22.5. The van der Waals surface area contributed by atoms with E-state index in [1.165, 1.54) is 35.3 Å². The predicted molar refractivity (Wildman–Crippen MR) is 260 cm³/mol. The van der Waals surface area contributed by atoms with Crippen molar-refractivity contribution in [1.29, 1.82) is 0 Å². The quantitative estimate of drug-likeness (QED) is 0.0847. The number of hydrogen-bond donors (Lipinski definition) is 8. The number of fused-ring (bicyclic) bond motifs is 6. The largest absolute Gasteiger partial charge is 0.507 e. The first-order valence-electron chi connectivity index (χ1n) is 19.4. The molecular weight excluding hydrogens is 1000 g/mol. The van der Waals surface area contributed by atoms with Crippen LogP contribution in [0.2, 0.25) is 0 Å². The molecule has 0 radical (unpaired) electrons. The third-order valence-corrected chi connectivity index (χ3v) is 15.6. The Morgan fingerprint density at radius 1 is 0.438 bits per heavy atom. The maximum absolute atomic E-state index is 12.5. The number of aromatic hydroxyl groups is 2. The molecule has 6 aliphatic rings. The number of amides is 3. The van der Waals surface area contributed by atoms with E-state index in [0.717, 1.165) is 53.3 Å². The van der Waals surface area contributed by atoms with Crippen LogP contribution in [-0.4, -0.2) is 43.1 Å². The molecule has 0 aromatic heterocycles. The maximum Gasteiger partial charge on any atom is 0.267 e. The second-order valence-corrected chi connectivity index (χ2v) is 20.1. The molecule has 8 N–H and O–H groups in total. The minimum atomic E-state index is -0.989. The van der Waals surface area contributed by atoms with Crippen LogP contribution < -0.4 is 32.2 Å². The molecule has 6 aliphatic heterocycles. The number of anilines is 3. The van der Waals surface area contributed by atoms with E-state index in [0.29, 0.717) is 21.2 Å². The smallest absolute Gasteiger partial charge is 0.267 e. The Hall–Kier alpha value is -6.25. The highest BCUT2D eigenvalue weighted by Crippen LogP contribution is 2.51. The van der Waals surface area contributed by atoms with Crippen LogP contribution in [0.4, 0.5) is 17.1 Å². The first-order valence-corrected chi connectivity index (χ1v) is 23.4. The van der Waals surface area contributed by atoms with E-state index in [4.69, 9.17) is 0 Å². The van der Waals surface area contributed by atoms with Crippen molar-refractivity contribution in [3.63, 3.8) is 0 Å². The molecule has 3 amide bonds. The Morgan fingerprint density at radius 3 is 1.33 bits per heavy atom. The van der Waals surface area contributed by atoms with Gasteiger partial charge in [0.2, 0.25) is 14.6 Å². The van der Waals surface area contributed by atoms with Gasteiger partial charge in [0.05, 0.1) is 11.1 Å². The molecule has 6 heterocycles. The van der Waals surface area contributed by atoms with Gasteiger partial charge in [-0.15, -0.1) is 0 Å². The molecule has 0 saturated carbocycles. The van der Waals surface area contributed by atoms with E-state index in [9.17, 15) is 24.6 Å². The minimum Gasteiger partial charge on any atom is -0.507 e. The summed E-state index contributed by atoms with van der Waals surface area (Å²) in [6, 6.07) is 42.7. The number of rotatable bonds is 3. The van der Waals surface area contributed by atoms with E-state index in [1.54, 1.807) is 36.4 Å². The van der Waals surface area contributed by atoms with Gasteiger partial charge >= 0.3 is 0 Å². The number of para-hydroxylation sites is 3. The summed E-state index contributed by atoms with van der Waals surface area (Å²) in [5, 5.41) is 43.5. The number of carbonyl (C=O) groups excluding carboxylic acids is 3. The molecule has 6 aromatic rings. The molecule has 3 atom stereocenters. The van der Waals surface area contributed by atoms with Gasteiger partial charge in [-0.3, -0.25) is 30.7 Å². The number of thioether (sulfide) groups is 3. The van der Waals surface area contributed by atoms with Crippen LogP contribution in [0, 0.1) is 0 Å². The molecule has 318 valence electrons. The van der Waals surface area contributed by atoms with E-state index < -0.39 is 14.6 Å². The number of hydrogen-bond acceptors (Lipinski definition) is 14. The standard InChI is InChI=1S/C15H10BrN3O2S.C15H10BrN3OS.C15H11N3O2S/c16-8-5-6-11-10(7-8)15(14(21)17-11)19-18-13(22-15)9-3-1-2-4-12(9)20;16-10-6-7-12-11(8-10)15(14(20)17-12)19-18-13(21-15)9-4-2-1-3-5-9;19-12-8-4-1-5-9(12)13-17-18-15(21-13)10-6-2-3-7-11(10)16-14(15)20/h1-7,19-20H,(H,17,21);1-8,19H,(H,17,20);1-8,18-19H,(H,16,20). The second kappa shape index (κ2) is 16.4. The molecule has 6 aromatic carbocycles. The number of phenols is 2. The van der Waals surface area contributed by atoms with E-state index in [2.05, 4.69) is 79.4 Å². The molecule has 19 heteroatoms. The van der Waals surface area contributed by atoms with Gasteiger partial charge in [-0.1, -0.05) is 140 Å². The highest BCUT2D eigenvalue weighted by atomic mass is 79.9. The highest BCUT2D eigenvalue weighted by molar-refractivity contribution is 9.10. The Balaban J connectivity index is 0.000000114. The van der Waals surface area contributed by atoms with Gasteiger partial charge in [-0.05, 0) is 66.7 Å². The van der Waals surface area contributed by atoms with Crippen LogP contribution >= 0.6 is 67.1 Å². The van der Waals surface area contributed by atoms with Crippen LogP contribution in [0.15, 0.2) is 164 Å². The fourth-order valence-electron chi connectivity index (χ4n) is 7.57. The first kappa shape index (κ1) is 41.7. The number of nitrogens with zero attached hydrogens (tertiary/aromatic N) is 3. The average Bonchev–Trinajstić information content (AvgIpc) is 4.17. The van der Waals surface area contributed by atoms with Crippen molar-refractivity contribution in [2.45, 2.75) is 14.6 Å². The summed E-state index contributed by atoms with van der Waals surface area (Å²) in [5.74, 6) is -0.118. The number of phenolic OH excluding ortho intramolecular Hbond substituents is 2. The second-order valence-electron chi connectivity index (χ2n) is 14.6. The number of benzene rings is 6. The molecule has 0 aliphatic carbocycles. The Morgan fingerprint density at radius 2 is 0.828 bits per heavy atom. The SMILES string of the molecule is O=C1Nc2ccc(Br)cc2C12NN=C(c1ccccc1)S2.O=C1Nc2ccc(Br)cc2C12NN=C(c1ccccc1O)S2.O=C1Nc2ccccc2C12NN=C(c1ccccc1O)S2. The maximum atomic E-state index is 12.5. The summed E-state index contributed by atoms with van der Waals surface area (Å²) < 4.78 is 1.83. The van der Waals surface area contributed by atoms with Crippen molar-refractivity contribution in [2.75, 3.05) is 16.0 Å². The summed E-state index contributed by atoms with van der Waals surface area (Å²) in [7, 11) is 0. The fourth-order valence-corrected chi connectivity index (χ4v) is 11.8. The van der Waals surface area contributed by atoms with Crippen LogP contribution in [0.3, 0.4) is 0 Å². The van der Waals surface area contributed by atoms with Crippen molar-refractivity contribution in [3.8, 4) is 11.5 Å². The van der Waals surface area contributed by atoms with Crippen LogP contribution in [0.1, 0.15) is 33.4 Å². The molecule has 3 unspecified atom stereocenters. The third-order valence-electron chi connectivity index (χ3n) is 10.7. The molecule has 0 bridgehead atoms. The number of halogens is 2. The zero-order chi connectivity index (χ0) is 44.2. The van der Waals surface area contributed by atoms with Crippen molar-refractivity contribution in [2.24, 2.45) is 15.3 Å². The van der Waals surface area contributed by atoms with Crippen LogP contribution in [0.5, 0.6) is 11.5 Å².